The molecule has 186 valence electrons. The number of ether oxygens (including phenoxy) is 1. The maximum absolute atomic E-state index is 12.9. The lowest BCUT2D eigenvalue weighted by atomic mass is 9.99. The summed E-state index contributed by atoms with van der Waals surface area (Å²) in [5, 5.41) is 15.8. The van der Waals surface area contributed by atoms with Crippen molar-refractivity contribution in [3.8, 4) is 0 Å². The number of carbonyl (C=O) groups is 4. The highest BCUT2D eigenvalue weighted by Gasteiger charge is 2.32. The molecule has 0 aliphatic heterocycles. The van der Waals surface area contributed by atoms with Crippen LogP contribution in [0.5, 0.6) is 0 Å². The molecule has 0 bridgehead atoms. The Hall–Kier alpha value is -4.50. The van der Waals surface area contributed by atoms with Crippen LogP contribution >= 0.6 is 0 Å². The number of rotatable bonds is 11. The summed E-state index contributed by atoms with van der Waals surface area (Å²) in [7, 11) is 0. The van der Waals surface area contributed by atoms with E-state index in [4.69, 9.17) is 10.5 Å². The molecule has 0 aliphatic rings. The molecule has 0 spiro atoms. The molecule has 3 aromatic rings. The van der Waals surface area contributed by atoms with Crippen molar-refractivity contribution < 1.29 is 29.0 Å². The van der Waals surface area contributed by atoms with E-state index in [1.54, 1.807) is 84.9 Å². The van der Waals surface area contributed by atoms with Gasteiger partial charge in [0.1, 0.15) is 12.6 Å². The van der Waals surface area contributed by atoms with E-state index in [1.165, 1.54) is 0 Å². The quantitative estimate of drug-likeness (QED) is 0.301. The van der Waals surface area contributed by atoms with Crippen LogP contribution in [-0.2, 0) is 25.7 Å². The van der Waals surface area contributed by atoms with Gasteiger partial charge in [0, 0.05) is 5.56 Å². The zero-order valence-electron chi connectivity index (χ0n) is 19.4. The van der Waals surface area contributed by atoms with Gasteiger partial charge in [-0.15, -0.1) is 0 Å². The van der Waals surface area contributed by atoms with Gasteiger partial charge in [-0.3, -0.25) is 19.2 Å². The summed E-state index contributed by atoms with van der Waals surface area (Å²) in [4.78, 5) is 49.8. The van der Waals surface area contributed by atoms with E-state index in [0.29, 0.717) is 11.1 Å². The monoisotopic (exact) mass is 489 g/mol. The molecule has 0 aliphatic carbocycles. The topological polar surface area (TPSA) is 148 Å². The second-order valence-electron chi connectivity index (χ2n) is 7.99. The Bertz CT molecular complexity index is 1170. The summed E-state index contributed by atoms with van der Waals surface area (Å²) in [5.41, 5.74) is 6.92. The fourth-order valence-electron chi connectivity index (χ4n) is 3.41. The molecule has 0 aromatic heterocycles. The van der Waals surface area contributed by atoms with Crippen molar-refractivity contribution in [1.29, 1.82) is 0 Å². The summed E-state index contributed by atoms with van der Waals surface area (Å²) in [5.74, 6) is -3.23. The van der Waals surface area contributed by atoms with Crippen LogP contribution < -0.4 is 16.4 Å². The van der Waals surface area contributed by atoms with Gasteiger partial charge in [-0.25, -0.2) is 0 Å². The second-order valence-corrected chi connectivity index (χ2v) is 7.99. The molecule has 9 heteroatoms. The first-order valence-electron chi connectivity index (χ1n) is 11.2. The van der Waals surface area contributed by atoms with Crippen molar-refractivity contribution in [2.24, 2.45) is 5.73 Å². The number of esters is 1. The Morgan fingerprint density at radius 1 is 0.806 bits per heavy atom. The van der Waals surface area contributed by atoms with Crippen molar-refractivity contribution in [3.05, 3.63) is 108 Å². The molecule has 5 N–H and O–H groups in total. The smallest absolute Gasteiger partial charge is 0.308 e. The zero-order chi connectivity index (χ0) is 25.9. The summed E-state index contributed by atoms with van der Waals surface area (Å²) in [6.07, 6.45) is -2.31. The van der Waals surface area contributed by atoms with Crippen LogP contribution in [0, 0.1) is 0 Å². The Morgan fingerprint density at radius 2 is 1.36 bits per heavy atom. The summed E-state index contributed by atoms with van der Waals surface area (Å²) >= 11 is 0. The minimum Gasteiger partial charge on any atom is -0.461 e. The molecule has 0 radical (unpaired) electrons. The van der Waals surface area contributed by atoms with E-state index in [1.807, 2.05) is 6.07 Å². The third-order valence-corrected chi connectivity index (χ3v) is 5.34. The van der Waals surface area contributed by atoms with Crippen LogP contribution in [0.2, 0.25) is 0 Å². The maximum Gasteiger partial charge on any atom is 0.308 e. The zero-order valence-corrected chi connectivity index (χ0v) is 19.4. The van der Waals surface area contributed by atoms with Crippen molar-refractivity contribution in [2.75, 3.05) is 0 Å². The number of benzene rings is 3. The molecule has 0 saturated carbocycles. The standard InChI is InChI=1S/C27H27N3O6/c28-25(33)21(16-22(31)36-17-18-10-4-1-5-11-18)29-27(35)24(32)23(19-12-6-2-7-13-19)30-26(34)20-14-8-3-9-15-20/h1-15,21,23-24,32H,16-17H2,(H2,28,33)(H,29,35)(H,30,34)/t21-,23+,24-/m1/s1. The van der Waals surface area contributed by atoms with Crippen molar-refractivity contribution in [3.63, 3.8) is 0 Å². The van der Waals surface area contributed by atoms with Crippen molar-refractivity contribution >= 4 is 23.7 Å². The van der Waals surface area contributed by atoms with E-state index in [9.17, 15) is 24.3 Å². The second kappa shape index (κ2) is 12.8. The predicted molar refractivity (Wildman–Crippen MR) is 131 cm³/mol. The lowest BCUT2D eigenvalue weighted by Gasteiger charge is -2.25. The highest BCUT2D eigenvalue weighted by Crippen LogP contribution is 2.19. The number of primary amides is 1. The van der Waals surface area contributed by atoms with Gasteiger partial charge in [0.2, 0.25) is 5.91 Å². The number of hydrogen-bond acceptors (Lipinski definition) is 6. The van der Waals surface area contributed by atoms with Crippen molar-refractivity contribution in [1.82, 2.24) is 10.6 Å². The number of hydrogen-bond donors (Lipinski definition) is 4. The molecule has 0 saturated heterocycles. The number of aliphatic hydroxyl groups is 1. The first kappa shape index (κ1) is 26.1. The molecule has 0 heterocycles. The molecule has 3 amide bonds. The van der Waals surface area contributed by atoms with E-state index in [-0.39, 0.29) is 6.61 Å². The van der Waals surface area contributed by atoms with Gasteiger partial charge >= 0.3 is 5.97 Å². The Labute approximate surface area is 208 Å². The summed E-state index contributed by atoms with van der Waals surface area (Å²) < 4.78 is 5.15. The minimum atomic E-state index is -1.79. The summed E-state index contributed by atoms with van der Waals surface area (Å²) in [6.45, 7) is -0.0106. The molecule has 9 nitrogen and oxygen atoms in total. The fraction of sp³-hybridized carbons (Fsp3) is 0.185. The maximum atomic E-state index is 12.9. The molecule has 3 rings (SSSR count). The Kier molecular flexibility index (Phi) is 9.30. The number of aliphatic hydroxyl groups excluding tert-OH is 1. The van der Waals surface area contributed by atoms with Crippen molar-refractivity contribution in [2.45, 2.75) is 31.2 Å². The van der Waals surface area contributed by atoms with Crippen LogP contribution in [0.3, 0.4) is 0 Å². The van der Waals surface area contributed by atoms with Gasteiger partial charge in [0.15, 0.2) is 6.10 Å². The van der Waals surface area contributed by atoms with Gasteiger partial charge in [-0.05, 0) is 23.3 Å². The first-order valence-corrected chi connectivity index (χ1v) is 11.2. The number of amides is 3. The SMILES string of the molecule is NC(=O)[C@@H](CC(=O)OCc1ccccc1)NC(=O)[C@H](O)[C@@H](NC(=O)c1ccccc1)c1ccccc1. The van der Waals surface area contributed by atoms with Gasteiger partial charge in [0.05, 0.1) is 12.5 Å². The summed E-state index contributed by atoms with van der Waals surface area (Å²) in [6, 6.07) is 23.1. The lowest BCUT2D eigenvalue weighted by molar-refractivity contribution is -0.147. The predicted octanol–water partition coefficient (Wildman–Crippen LogP) is 1.62. The van der Waals surface area contributed by atoms with Gasteiger partial charge in [0.25, 0.3) is 11.8 Å². The van der Waals surface area contributed by atoms with Crippen LogP contribution in [-0.4, -0.2) is 40.9 Å². The minimum absolute atomic E-state index is 0.0106. The molecule has 36 heavy (non-hydrogen) atoms. The van der Waals surface area contributed by atoms with Gasteiger partial charge < -0.3 is 26.2 Å². The molecular weight excluding hydrogens is 462 g/mol. The Morgan fingerprint density at radius 3 is 1.94 bits per heavy atom. The third-order valence-electron chi connectivity index (χ3n) is 5.34. The van der Waals surface area contributed by atoms with E-state index >= 15 is 0 Å². The average Bonchev–Trinajstić information content (AvgIpc) is 2.91. The van der Waals surface area contributed by atoms with Crippen LogP contribution in [0.15, 0.2) is 91.0 Å². The average molecular weight is 490 g/mol. The highest BCUT2D eigenvalue weighted by molar-refractivity contribution is 5.95. The van der Waals surface area contributed by atoms with E-state index in [2.05, 4.69) is 10.6 Å². The largest absolute Gasteiger partial charge is 0.461 e. The number of nitrogens with two attached hydrogens (primary N) is 1. The molecule has 3 aromatic carbocycles. The van der Waals surface area contributed by atoms with Crippen LogP contribution in [0.4, 0.5) is 0 Å². The van der Waals surface area contributed by atoms with E-state index < -0.39 is 48.3 Å². The lowest BCUT2D eigenvalue weighted by Crippen LogP contribution is -2.52. The highest BCUT2D eigenvalue weighted by atomic mass is 16.5. The molecule has 0 unspecified atom stereocenters. The van der Waals surface area contributed by atoms with Gasteiger partial charge in [-0.2, -0.15) is 0 Å². The van der Waals surface area contributed by atoms with Gasteiger partial charge in [-0.1, -0.05) is 78.9 Å². The third kappa shape index (κ3) is 7.51. The fourth-order valence-corrected chi connectivity index (χ4v) is 3.41. The molecular formula is C27H27N3O6. The van der Waals surface area contributed by atoms with Crippen LogP contribution in [0.25, 0.3) is 0 Å². The number of nitrogens with one attached hydrogen (secondary N) is 2. The molecule has 3 atom stereocenters. The van der Waals surface area contributed by atoms with E-state index in [0.717, 1.165) is 5.56 Å². The Balaban J connectivity index is 1.68. The van der Waals surface area contributed by atoms with Crippen LogP contribution in [0.1, 0.15) is 33.9 Å². The molecule has 0 fully saturated rings. The number of carbonyl (C=O) groups excluding carboxylic acids is 4. The first-order chi connectivity index (χ1) is 17.3. The normalized spacial score (nSPS) is 13.0.